The summed E-state index contributed by atoms with van der Waals surface area (Å²) in [5.41, 5.74) is 3.17. The molecule has 0 bridgehead atoms. The maximum absolute atomic E-state index is 12.4. The zero-order valence-electron chi connectivity index (χ0n) is 10.5. The van der Waals surface area contributed by atoms with Crippen molar-refractivity contribution in [2.45, 2.75) is 6.17 Å². The van der Waals surface area contributed by atoms with Gasteiger partial charge in [0.15, 0.2) is 0 Å². The zero-order chi connectivity index (χ0) is 12.8. The van der Waals surface area contributed by atoms with Gasteiger partial charge in [0.25, 0.3) is 5.91 Å². The second kappa shape index (κ2) is 3.85. The molecule has 1 amide bonds. The number of carbonyl (C=O) groups is 1. The molecule has 0 spiro atoms. The van der Waals surface area contributed by atoms with Gasteiger partial charge in [-0.3, -0.25) is 4.79 Å². The Labute approximate surface area is 112 Å². The maximum atomic E-state index is 12.4. The van der Waals surface area contributed by atoms with Crippen LogP contribution in [0.5, 0.6) is 0 Å². The van der Waals surface area contributed by atoms with E-state index >= 15 is 0 Å². The van der Waals surface area contributed by atoms with Crippen LogP contribution in [0.3, 0.4) is 0 Å². The molecule has 2 aromatic rings. The zero-order valence-corrected chi connectivity index (χ0v) is 10.5. The summed E-state index contributed by atoms with van der Waals surface area (Å²) < 4.78 is 0. The van der Waals surface area contributed by atoms with Gasteiger partial charge in [0.2, 0.25) is 0 Å². The molecule has 4 rings (SSSR count). The molecule has 0 N–H and O–H groups in total. The maximum Gasteiger partial charge on any atom is 0.256 e. The van der Waals surface area contributed by atoms with E-state index in [0.29, 0.717) is 0 Å². The van der Waals surface area contributed by atoms with Crippen LogP contribution in [0.2, 0.25) is 0 Å². The van der Waals surface area contributed by atoms with Crippen molar-refractivity contribution in [3.05, 3.63) is 65.7 Å². The van der Waals surface area contributed by atoms with Crippen molar-refractivity contribution in [1.29, 1.82) is 0 Å². The van der Waals surface area contributed by atoms with Gasteiger partial charge in [-0.15, -0.1) is 0 Å². The molecular weight excluding hydrogens is 236 g/mol. The molecule has 0 aliphatic carbocycles. The van der Waals surface area contributed by atoms with Crippen molar-refractivity contribution in [3.63, 3.8) is 0 Å². The van der Waals surface area contributed by atoms with Crippen LogP contribution in [-0.2, 0) is 0 Å². The molecule has 1 fully saturated rings. The lowest BCUT2D eigenvalue weighted by Crippen LogP contribution is -2.28. The summed E-state index contributed by atoms with van der Waals surface area (Å²) in [5.74, 6) is 0.166. The van der Waals surface area contributed by atoms with E-state index in [1.165, 1.54) is 5.69 Å². The highest BCUT2D eigenvalue weighted by atomic mass is 16.2. The highest BCUT2D eigenvalue weighted by molar-refractivity contribution is 6.00. The minimum atomic E-state index is 0.0751. The van der Waals surface area contributed by atoms with Crippen molar-refractivity contribution >= 4 is 11.6 Å². The van der Waals surface area contributed by atoms with Crippen LogP contribution in [0.4, 0.5) is 5.69 Å². The minimum Gasteiger partial charge on any atom is -0.345 e. The Bertz CT molecular complexity index is 638. The monoisotopic (exact) mass is 250 g/mol. The van der Waals surface area contributed by atoms with Crippen LogP contribution in [0, 0.1) is 0 Å². The van der Waals surface area contributed by atoms with Crippen LogP contribution in [0.15, 0.2) is 54.6 Å². The number of para-hydroxylation sites is 1. The van der Waals surface area contributed by atoms with Crippen molar-refractivity contribution in [2.75, 3.05) is 18.0 Å². The number of carbonyl (C=O) groups excluding carboxylic acids is 1. The summed E-state index contributed by atoms with van der Waals surface area (Å²) in [4.78, 5) is 16.6. The van der Waals surface area contributed by atoms with Crippen molar-refractivity contribution in [2.24, 2.45) is 0 Å². The topological polar surface area (TPSA) is 23.6 Å². The van der Waals surface area contributed by atoms with Crippen molar-refractivity contribution < 1.29 is 4.79 Å². The molecular formula is C16H14N2O. The average Bonchev–Trinajstić information content (AvgIpc) is 3.02. The van der Waals surface area contributed by atoms with E-state index in [-0.39, 0.29) is 12.1 Å². The van der Waals surface area contributed by atoms with Gasteiger partial charge in [-0.2, -0.15) is 0 Å². The fourth-order valence-corrected chi connectivity index (χ4v) is 3.14. The smallest absolute Gasteiger partial charge is 0.256 e. The van der Waals surface area contributed by atoms with Crippen LogP contribution in [-0.4, -0.2) is 23.9 Å². The lowest BCUT2D eigenvalue weighted by atomic mass is 10.1. The molecule has 0 saturated carbocycles. The Hall–Kier alpha value is -2.29. The van der Waals surface area contributed by atoms with Crippen LogP contribution >= 0.6 is 0 Å². The highest BCUT2D eigenvalue weighted by Crippen LogP contribution is 2.41. The molecule has 94 valence electrons. The first-order valence-corrected chi connectivity index (χ1v) is 6.58. The first kappa shape index (κ1) is 10.6. The number of benzene rings is 2. The van der Waals surface area contributed by atoms with E-state index in [9.17, 15) is 4.79 Å². The van der Waals surface area contributed by atoms with E-state index < -0.39 is 0 Å². The molecule has 0 aromatic heterocycles. The molecule has 1 atom stereocenters. The molecule has 3 nitrogen and oxygen atoms in total. The molecule has 2 aliphatic heterocycles. The fraction of sp³-hybridized carbons (Fsp3) is 0.188. The van der Waals surface area contributed by atoms with E-state index in [4.69, 9.17) is 0 Å². The van der Waals surface area contributed by atoms with Gasteiger partial charge < -0.3 is 9.80 Å². The number of nitrogens with zero attached hydrogens (tertiary/aromatic N) is 2. The summed E-state index contributed by atoms with van der Waals surface area (Å²) in [7, 11) is 0. The molecule has 0 unspecified atom stereocenters. The number of amides is 1. The number of anilines is 1. The summed E-state index contributed by atoms with van der Waals surface area (Å²) in [5, 5.41) is 0. The number of rotatable bonds is 1. The second-order valence-electron chi connectivity index (χ2n) is 4.99. The molecule has 2 heterocycles. The largest absolute Gasteiger partial charge is 0.345 e. The number of hydrogen-bond donors (Lipinski definition) is 0. The average molecular weight is 250 g/mol. The van der Waals surface area contributed by atoms with E-state index in [0.717, 1.165) is 24.2 Å². The van der Waals surface area contributed by atoms with Gasteiger partial charge in [0.1, 0.15) is 6.17 Å². The molecule has 3 heteroatoms. The third-order valence-electron chi connectivity index (χ3n) is 3.99. The van der Waals surface area contributed by atoms with Gasteiger partial charge in [-0.1, -0.05) is 36.4 Å². The van der Waals surface area contributed by atoms with Crippen LogP contribution in [0.25, 0.3) is 0 Å². The summed E-state index contributed by atoms with van der Waals surface area (Å²) >= 11 is 0. The van der Waals surface area contributed by atoms with E-state index in [1.807, 2.05) is 41.3 Å². The Balaban J connectivity index is 1.82. The van der Waals surface area contributed by atoms with Gasteiger partial charge >= 0.3 is 0 Å². The molecule has 2 aliphatic rings. The van der Waals surface area contributed by atoms with Crippen molar-refractivity contribution in [3.8, 4) is 0 Å². The van der Waals surface area contributed by atoms with Crippen LogP contribution < -0.4 is 4.90 Å². The van der Waals surface area contributed by atoms with E-state index in [1.54, 1.807) is 0 Å². The van der Waals surface area contributed by atoms with Gasteiger partial charge in [-0.05, 0) is 18.2 Å². The fourth-order valence-electron chi connectivity index (χ4n) is 3.14. The summed E-state index contributed by atoms with van der Waals surface area (Å²) in [6.07, 6.45) is 0.0751. The SMILES string of the molecule is O=C1c2ccccc2[C@@H]2N1CCN2c1ccccc1. The van der Waals surface area contributed by atoms with Crippen LogP contribution in [0.1, 0.15) is 22.1 Å². The summed E-state index contributed by atoms with van der Waals surface area (Å²) in [6.45, 7) is 1.70. The third kappa shape index (κ3) is 1.41. The Morgan fingerprint density at radius 1 is 0.842 bits per heavy atom. The van der Waals surface area contributed by atoms with Gasteiger partial charge in [-0.25, -0.2) is 0 Å². The Morgan fingerprint density at radius 3 is 2.37 bits per heavy atom. The number of hydrogen-bond acceptors (Lipinski definition) is 2. The Morgan fingerprint density at radius 2 is 1.53 bits per heavy atom. The molecule has 2 aromatic carbocycles. The lowest BCUT2D eigenvalue weighted by Gasteiger charge is -2.26. The molecule has 1 saturated heterocycles. The van der Waals surface area contributed by atoms with Gasteiger partial charge in [0.05, 0.1) is 0 Å². The first-order chi connectivity index (χ1) is 9.36. The third-order valence-corrected chi connectivity index (χ3v) is 3.99. The standard InChI is InChI=1S/C16H14N2O/c19-16-14-9-5-4-8-13(14)15-17(10-11-18(15)16)12-6-2-1-3-7-12/h1-9,15H,10-11H2/t15-/m0/s1. The first-order valence-electron chi connectivity index (χ1n) is 6.58. The molecule has 19 heavy (non-hydrogen) atoms. The van der Waals surface area contributed by atoms with Gasteiger partial charge in [0, 0.05) is 29.9 Å². The normalized spacial score (nSPS) is 20.6. The minimum absolute atomic E-state index is 0.0751. The lowest BCUT2D eigenvalue weighted by molar-refractivity contribution is 0.0778. The highest BCUT2D eigenvalue weighted by Gasteiger charge is 2.43. The quantitative estimate of drug-likeness (QED) is 0.777. The summed E-state index contributed by atoms with van der Waals surface area (Å²) in [6, 6.07) is 18.3. The Kier molecular flexibility index (Phi) is 2.15. The van der Waals surface area contributed by atoms with Crippen molar-refractivity contribution in [1.82, 2.24) is 4.90 Å². The number of fused-ring (bicyclic) bond motifs is 3. The molecule has 0 radical (unpaired) electrons. The van der Waals surface area contributed by atoms with E-state index in [2.05, 4.69) is 23.1 Å². The predicted octanol–water partition coefficient (Wildman–Crippen LogP) is 2.66. The second-order valence-corrected chi connectivity index (χ2v) is 4.99. The predicted molar refractivity (Wildman–Crippen MR) is 74.0 cm³/mol.